The summed E-state index contributed by atoms with van der Waals surface area (Å²) in [5.41, 5.74) is 1.44. The number of rotatable bonds is 4. The first kappa shape index (κ1) is 9.58. The molecule has 0 saturated carbocycles. The summed E-state index contributed by atoms with van der Waals surface area (Å²) in [6, 6.07) is 1.60. The summed E-state index contributed by atoms with van der Waals surface area (Å²) >= 11 is 0. The van der Waals surface area contributed by atoms with Crippen LogP contribution in [0.1, 0.15) is 23.7 Å². The lowest BCUT2D eigenvalue weighted by molar-refractivity contribution is 0.0697. The summed E-state index contributed by atoms with van der Waals surface area (Å²) in [4.78, 5) is 10.5. The lowest BCUT2D eigenvalue weighted by Crippen LogP contribution is -1.96. The second kappa shape index (κ2) is 3.94. The molecule has 1 heterocycles. The zero-order valence-corrected chi connectivity index (χ0v) is 7.66. The van der Waals surface area contributed by atoms with Crippen molar-refractivity contribution in [3.8, 4) is 0 Å². The Bertz CT molecular complexity index is 325. The molecule has 3 heteroatoms. The maximum Gasteiger partial charge on any atom is 0.337 e. The first-order valence-corrected chi connectivity index (χ1v) is 4.13. The van der Waals surface area contributed by atoms with Crippen molar-refractivity contribution in [1.29, 1.82) is 0 Å². The molecule has 0 aromatic carbocycles. The highest BCUT2D eigenvalue weighted by molar-refractivity contribution is 5.87. The smallest absolute Gasteiger partial charge is 0.337 e. The molecule has 1 rings (SSSR count). The predicted molar refractivity (Wildman–Crippen MR) is 50.8 cm³/mol. The van der Waals surface area contributed by atoms with Crippen LogP contribution in [-0.2, 0) is 6.54 Å². The number of nitrogens with zero attached hydrogens (tertiary/aromatic N) is 1. The Hall–Kier alpha value is -1.51. The Morgan fingerprint density at radius 2 is 2.38 bits per heavy atom. The van der Waals surface area contributed by atoms with Gasteiger partial charge in [-0.25, -0.2) is 4.79 Å². The minimum atomic E-state index is -0.880. The molecule has 0 amide bonds. The third kappa shape index (κ3) is 2.78. The quantitative estimate of drug-likeness (QED) is 0.719. The number of carboxylic acid groups (broad SMARTS) is 1. The monoisotopic (exact) mass is 179 g/mol. The van der Waals surface area contributed by atoms with Crippen LogP contribution in [0.2, 0.25) is 0 Å². The van der Waals surface area contributed by atoms with Crippen molar-refractivity contribution in [3.63, 3.8) is 0 Å². The molecule has 1 aromatic heterocycles. The van der Waals surface area contributed by atoms with Gasteiger partial charge in [0.25, 0.3) is 0 Å². The van der Waals surface area contributed by atoms with E-state index in [0.29, 0.717) is 5.56 Å². The van der Waals surface area contributed by atoms with Crippen molar-refractivity contribution in [1.82, 2.24) is 4.57 Å². The van der Waals surface area contributed by atoms with Crippen molar-refractivity contribution in [2.75, 3.05) is 0 Å². The van der Waals surface area contributed by atoms with Gasteiger partial charge in [-0.05, 0) is 19.4 Å². The standard InChI is InChI=1S/C10H13NO2/c1-8(2)3-5-11-6-4-9(7-11)10(12)13/h4,6-7H,1,3,5H2,2H3,(H,12,13). The van der Waals surface area contributed by atoms with E-state index in [0.717, 1.165) is 18.5 Å². The van der Waals surface area contributed by atoms with Crippen molar-refractivity contribution in [3.05, 3.63) is 36.2 Å². The minimum absolute atomic E-state index is 0.335. The van der Waals surface area contributed by atoms with E-state index in [-0.39, 0.29) is 0 Å². The predicted octanol–water partition coefficient (Wildman–Crippen LogP) is 2.15. The van der Waals surface area contributed by atoms with Crippen molar-refractivity contribution >= 4 is 5.97 Å². The molecule has 3 nitrogen and oxygen atoms in total. The van der Waals surface area contributed by atoms with E-state index >= 15 is 0 Å². The van der Waals surface area contributed by atoms with Gasteiger partial charge in [0.1, 0.15) is 0 Å². The Kier molecular flexibility index (Phi) is 2.90. The molecule has 0 aliphatic rings. The van der Waals surface area contributed by atoms with E-state index < -0.39 is 5.97 Å². The second-order valence-electron chi connectivity index (χ2n) is 3.15. The molecule has 70 valence electrons. The Balaban J connectivity index is 2.59. The molecule has 0 bridgehead atoms. The van der Waals surface area contributed by atoms with Crippen LogP contribution in [0.15, 0.2) is 30.6 Å². The van der Waals surface area contributed by atoms with Gasteiger partial charge in [0.2, 0.25) is 0 Å². The molecular formula is C10H13NO2. The van der Waals surface area contributed by atoms with Crippen LogP contribution in [0.3, 0.4) is 0 Å². The topological polar surface area (TPSA) is 42.2 Å². The Morgan fingerprint density at radius 3 is 2.85 bits per heavy atom. The summed E-state index contributed by atoms with van der Waals surface area (Å²) in [7, 11) is 0. The van der Waals surface area contributed by atoms with Gasteiger partial charge in [-0.15, -0.1) is 6.58 Å². The molecule has 13 heavy (non-hydrogen) atoms. The summed E-state index contributed by atoms with van der Waals surface area (Å²) < 4.78 is 1.86. The molecule has 0 atom stereocenters. The fourth-order valence-corrected chi connectivity index (χ4v) is 1.03. The first-order valence-electron chi connectivity index (χ1n) is 4.13. The number of allylic oxidation sites excluding steroid dienone is 1. The summed E-state index contributed by atoms with van der Waals surface area (Å²) in [5, 5.41) is 8.64. The Labute approximate surface area is 77.3 Å². The van der Waals surface area contributed by atoms with Crippen LogP contribution in [0.4, 0.5) is 0 Å². The highest BCUT2D eigenvalue weighted by Crippen LogP contribution is 2.04. The van der Waals surface area contributed by atoms with Gasteiger partial charge in [-0.1, -0.05) is 5.57 Å². The molecule has 1 N–H and O–H groups in total. The van der Waals surface area contributed by atoms with Crippen molar-refractivity contribution < 1.29 is 9.90 Å². The van der Waals surface area contributed by atoms with Gasteiger partial charge in [0.15, 0.2) is 0 Å². The zero-order chi connectivity index (χ0) is 9.84. The largest absolute Gasteiger partial charge is 0.478 e. The molecule has 0 aliphatic carbocycles. The van der Waals surface area contributed by atoms with Gasteiger partial charge >= 0.3 is 5.97 Å². The number of carboxylic acids is 1. The lowest BCUT2D eigenvalue weighted by Gasteiger charge is -2.00. The summed E-state index contributed by atoms with van der Waals surface area (Å²) in [6.07, 6.45) is 4.28. The maximum absolute atomic E-state index is 10.5. The van der Waals surface area contributed by atoms with Gasteiger partial charge in [-0.3, -0.25) is 0 Å². The molecule has 1 aromatic rings. The van der Waals surface area contributed by atoms with Crippen LogP contribution in [0.5, 0.6) is 0 Å². The van der Waals surface area contributed by atoms with E-state index in [9.17, 15) is 4.79 Å². The van der Waals surface area contributed by atoms with E-state index in [4.69, 9.17) is 5.11 Å². The summed E-state index contributed by atoms with van der Waals surface area (Å²) in [6.45, 7) is 6.54. The number of aromatic nitrogens is 1. The third-order valence-corrected chi connectivity index (χ3v) is 1.79. The average molecular weight is 179 g/mol. The van der Waals surface area contributed by atoms with Crippen LogP contribution < -0.4 is 0 Å². The van der Waals surface area contributed by atoms with Crippen LogP contribution in [-0.4, -0.2) is 15.6 Å². The SMILES string of the molecule is C=C(C)CCn1ccc(C(=O)O)c1. The number of aryl methyl sites for hydroxylation is 1. The number of aromatic carboxylic acids is 1. The maximum atomic E-state index is 10.5. The van der Waals surface area contributed by atoms with Gasteiger partial charge in [0, 0.05) is 18.9 Å². The second-order valence-corrected chi connectivity index (χ2v) is 3.15. The molecule has 0 unspecified atom stereocenters. The van der Waals surface area contributed by atoms with E-state index in [1.54, 1.807) is 18.5 Å². The van der Waals surface area contributed by atoms with E-state index in [1.165, 1.54) is 0 Å². The fourth-order valence-electron chi connectivity index (χ4n) is 1.03. The van der Waals surface area contributed by atoms with Gasteiger partial charge in [-0.2, -0.15) is 0 Å². The summed E-state index contributed by atoms with van der Waals surface area (Å²) in [5.74, 6) is -0.880. The zero-order valence-electron chi connectivity index (χ0n) is 7.66. The average Bonchev–Trinajstić information content (AvgIpc) is 2.48. The fraction of sp³-hybridized carbons (Fsp3) is 0.300. The van der Waals surface area contributed by atoms with Crippen molar-refractivity contribution in [2.45, 2.75) is 19.9 Å². The number of hydrogen-bond acceptors (Lipinski definition) is 1. The van der Waals surface area contributed by atoms with Gasteiger partial charge < -0.3 is 9.67 Å². The van der Waals surface area contributed by atoms with Crippen LogP contribution >= 0.6 is 0 Å². The highest BCUT2D eigenvalue weighted by Gasteiger charge is 2.03. The number of carbonyl (C=O) groups is 1. The first-order chi connectivity index (χ1) is 6.09. The lowest BCUT2D eigenvalue weighted by atomic mass is 10.2. The minimum Gasteiger partial charge on any atom is -0.478 e. The van der Waals surface area contributed by atoms with Crippen LogP contribution in [0.25, 0.3) is 0 Å². The molecule has 0 spiro atoms. The van der Waals surface area contributed by atoms with E-state index in [1.807, 2.05) is 11.5 Å². The highest BCUT2D eigenvalue weighted by atomic mass is 16.4. The normalized spacial score (nSPS) is 9.92. The molecule has 0 fully saturated rings. The third-order valence-electron chi connectivity index (χ3n) is 1.79. The van der Waals surface area contributed by atoms with E-state index in [2.05, 4.69) is 6.58 Å². The Morgan fingerprint density at radius 1 is 1.69 bits per heavy atom. The number of hydrogen-bond donors (Lipinski definition) is 1. The van der Waals surface area contributed by atoms with Crippen LogP contribution in [0, 0.1) is 0 Å². The molecular weight excluding hydrogens is 166 g/mol. The van der Waals surface area contributed by atoms with Gasteiger partial charge in [0.05, 0.1) is 5.56 Å². The van der Waals surface area contributed by atoms with Crippen molar-refractivity contribution in [2.24, 2.45) is 0 Å². The molecule has 0 radical (unpaired) electrons. The molecule has 0 aliphatic heterocycles. The molecule has 0 saturated heterocycles.